The fourth-order valence-corrected chi connectivity index (χ4v) is 2.16. The van der Waals surface area contributed by atoms with Gasteiger partial charge in [0.15, 0.2) is 5.76 Å². The van der Waals surface area contributed by atoms with E-state index in [-0.39, 0.29) is 5.78 Å². The normalized spacial score (nSPS) is 10.7. The van der Waals surface area contributed by atoms with E-state index in [9.17, 15) is 4.79 Å². The molecule has 0 atom stereocenters. The summed E-state index contributed by atoms with van der Waals surface area (Å²) in [5, 5.41) is 0.934. The SMILES string of the molecule is CCCOc1ccc(C(=O)c2cc3ccccc3o2)cc1. The molecule has 3 rings (SSSR count). The van der Waals surface area contributed by atoms with Crippen molar-refractivity contribution < 1.29 is 13.9 Å². The van der Waals surface area contributed by atoms with Crippen LogP contribution in [0.2, 0.25) is 0 Å². The highest BCUT2D eigenvalue weighted by molar-refractivity contribution is 6.09. The number of carbonyl (C=O) groups is 1. The second-order valence-electron chi connectivity index (χ2n) is 4.85. The lowest BCUT2D eigenvalue weighted by atomic mass is 10.1. The Balaban J connectivity index is 1.84. The molecule has 0 spiro atoms. The van der Waals surface area contributed by atoms with Crippen molar-refractivity contribution in [2.24, 2.45) is 0 Å². The first-order chi connectivity index (χ1) is 10.3. The Kier molecular flexibility index (Phi) is 3.73. The van der Waals surface area contributed by atoms with E-state index in [0.717, 1.165) is 23.1 Å². The first-order valence-corrected chi connectivity index (χ1v) is 7.04. The molecule has 0 amide bonds. The molecule has 0 N–H and O–H groups in total. The molecule has 3 nitrogen and oxygen atoms in total. The minimum atomic E-state index is -0.117. The molecule has 0 bridgehead atoms. The van der Waals surface area contributed by atoms with Crippen molar-refractivity contribution in [2.75, 3.05) is 6.61 Å². The van der Waals surface area contributed by atoms with Crippen LogP contribution in [-0.4, -0.2) is 12.4 Å². The molecular formula is C18H16O3. The average Bonchev–Trinajstić information content (AvgIpc) is 2.96. The van der Waals surface area contributed by atoms with Gasteiger partial charge in [0.05, 0.1) is 6.61 Å². The Hall–Kier alpha value is -2.55. The van der Waals surface area contributed by atoms with Gasteiger partial charge >= 0.3 is 0 Å². The second kappa shape index (κ2) is 5.83. The van der Waals surface area contributed by atoms with Crippen LogP contribution in [0.4, 0.5) is 0 Å². The molecule has 21 heavy (non-hydrogen) atoms. The highest BCUT2D eigenvalue weighted by Crippen LogP contribution is 2.22. The summed E-state index contributed by atoms with van der Waals surface area (Å²) >= 11 is 0. The summed E-state index contributed by atoms with van der Waals surface area (Å²) in [5.41, 5.74) is 1.32. The van der Waals surface area contributed by atoms with E-state index in [4.69, 9.17) is 9.15 Å². The van der Waals surface area contributed by atoms with E-state index in [1.54, 1.807) is 18.2 Å². The molecule has 3 aromatic rings. The Labute approximate surface area is 123 Å². The van der Waals surface area contributed by atoms with Crippen molar-refractivity contribution in [3.05, 3.63) is 65.9 Å². The highest BCUT2D eigenvalue weighted by Gasteiger charge is 2.14. The van der Waals surface area contributed by atoms with Crippen molar-refractivity contribution in [3.63, 3.8) is 0 Å². The van der Waals surface area contributed by atoms with Gasteiger partial charge in [-0.15, -0.1) is 0 Å². The van der Waals surface area contributed by atoms with Crippen molar-refractivity contribution in [3.8, 4) is 5.75 Å². The summed E-state index contributed by atoms with van der Waals surface area (Å²) in [4.78, 5) is 12.4. The highest BCUT2D eigenvalue weighted by atomic mass is 16.5. The van der Waals surface area contributed by atoms with Crippen LogP contribution < -0.4 is 4.74 Å². The fraction of sp³-hybridized carbons (Fsp3) is 0.167. The third kappa shape index (κ3) is 2.82. The lowest BCUT2D eigenvalue weighted by molar-refractivity contribution is 0.101. The summed E-state index contributed by atoms with van der Waals surface area (Å²) in [7, 11) is 0. The minimum absolute atomic E-state index is 0.117. The molecule has 0 unspecified atom stereocenters. The largest absolute Gasteiger partial charge is 0.494 e. The first kappa shape index (κ1) is 13.4. The van der Waals surface area contributed by atoms with Crippen molar-refractivity contribution >= 4 is 16.8 Å². The number of fused-ring (bicyclic) bond motifs is 1. The Morgan fingerprint density at radius 1 is 1.10 bits per heavy atom. The molecule has 1 heterocycles. The van der Waals surface area contributed by atoms with Gasteiger partial charge in [0, 0.05) is 10.9 Å². The molecule has 0 aliphatic rings. The van der Waals surface area contributed by atoms with E-state index in [1.807, 2.05) is 36.4 Å². The zero-order valence-electron chi connectivity index (χ0n) is 11.8. The van der Waals surface area contributed by atoms with E-state index < -0.39 is 0 Å². The average molecular weight is 280 g/mol. The molecule has 106 valence electrons. The third-order valence-corrected chi connectivity index (χ3v) is 3.24. The van der Waals surface area contributed by atoms with Crippen LogP contribution in [0.1, 0.15) is 29.5 Å². The van der Waals surface area contributed by atoms with Crippen molar-refractivity contribution in [1.82, 2.24) is 0 Å². The number of ketones is 1. The Morgan fingerprint density at radius 3 is 2.57 bits per heavy atom. The van der Waals surface area contributed by atoms with Crippen LogP contribution in [0, 0.1) is 0 Å². The van der Waals surface area contributed by atoms with Crippen LogP contribution in [0.3, 0.4) is 0 Å². The van der Waals surface area contributed by atoms with Crippen LogP contribution in [0.5, 0.6) is 5.75 Å². The molecule has 0 aliphatic carbocycles. The predicted molar refractivity (Wildman–Crippen MR) is 81.9 cm³/mol. The number of carbonyl (C=O) groups excluding carboxylic acids is 1. The van der Waals surface area contributed by atoms with Crippen LogP contribution in [0.15, 0.2) is 59.0 Å². The molecule has 0 saturated carbocycles. The molecular weight excluding hydrogens is 264 g/mol. The molecule has 3 heteroatoms. The summed E-state index contributed by atoms with van der Waals surface area (Å²) in [6, 6.07) is 16.5. The zero-order chi connectivity index (χ0) is 14.7. The maximum Gasteiger partial charge on any atom is 0.228 e. The Morgan fingerprint density at radius 2 is 1.86 bits per heavy atom. The molecule has 0 radical (unpaired) electrons. The summed E-state index contributed by atoms with van der Waals surface area (Å²) in [6.45, 7) is 2.73. The van der Waals surface area contributed by atoms with Crippen LogP contribution >= 0.6 is 0 Å². The Bertz CT molecular complexity index is 720. The van der Waals surface area contributed by atoms with Crippen LogP contribution in [0.25, 0.3) is 11.0 Å². The lowest BCUT2D eigenvalue weighted by Gasteiger charge is -2.04. The maximum absolute atomic E-state index is 12.4. The topological polar surface area (TPSA) is 39.4 Å². The smallest absolute Gasteiger partial charge is 0.228 e. The van der Waals surface area contributed by atoms with Gasteiger partial charge in [0.1, 0.15) is 11.3 Å². The number of rotatable bonds is 5. The number of furan rings is 1. The van der Waals surface area contributed by atoms with Gasteiger partial charge in [-0.1, -0.05) is 25.1 Å². The summed E-state index contributed by atoms with van der Waals surface area (Å²) in [5.74, 6) is 1.02. The van der Waals surface area contributed by atoms with Gasteiger partial charge in [0.25, 0.3) is 0 Å². The van der Waals surface area contributed by atoms with Gasteiger partial charge in [-0.3, -0.25) is 4.79 Å². The summed E-state index contributed by atoms with van der Waals surface area (Å²) in [6.07, 6.45) is 0.958. The number of benzene rings is 2. The number of ether oxygens (including phenoxy) is 1. The minimum Gasteiger partial charge on any atom is -0.494 e. The van der Waals surface area contributed by atoms with Crippen molar-refractivity contribution in [2.45, 2.75) is 13.3 Å². The molecule has 0 fully saturated rings. The van der Waals surface area contributed by atoms with E-state index >= 15 is 0 Å². The quantitative estimate of drug-likeness (QED) is 0.648. The molecule has 1 aromatic heterocycles. The zero-order valence-corrected chi connectivity index (χ0v) is 11.8. The number of para-hydroxylation sites is 1. The standard InChI is InChI=1S/C18H16O3/c1-2-11-20-15-9-7-13(8-10-15)18(19)17-12-14-5-3-4-6-16(14)21-17/h3-10,12H,2,11H2,1H3. The lowest BCUT2D eigenvalue weighted by Crippen LogP contribution is -2.00. The monoisotopic (exact) mass is 280 g/mol. The maximum atomic E-state index is 12.4. The number of hydrogen-bond acceptors (Lipinski definition) is 3. The van der Waals surface area contributed by atoms with Gasteiger partial charge in [-0.25, -0.2) is 0 Å². The first-order valence-electron chi connectivity index (χ1n) is 7.04. The van der Waals surface area contributed by atoms with Gasteiger partial charge in [-0.2, -0.15) is 0 Å². The van der Waals surface area contributed by atoms with Gasteiger partial charge in [-0.05, 0) is 42.8 Å². The second-order valence-corrected chi connectivity index (χ2v) is 4.85. The predicted octanol–water partition coefficient (Wildman–Crippen LogP) is 4.45. The van der Waals surface area contributed by atoms with Crippen molar-refractivity contribution in [1.29, 1.82) is 0 Å². The third-order valence-electron chi connectivity index (χ3n) is 3.24. The van der Waals surface area contributed by atoms with E-state index in [2.05, 4.69) is 6.92 Å². The van der Waals surface area contributed by atoms with Crippen LogP contribution in [-0.2, 0) is 0 Å². The van der Waals surface area contributed by atoms with E-state index in [1.165, 1.54) is 0 Å². The molecule has 0 saturated heterocycles. The molecule has 0 aliphatic heterocycles. The summed E-state index contributed by atoms with van der Waals surface area (Å²) < 4.78 is 11.1. The van der Waals surface area contributed by atoms with E-state index in [0.29, 0.717) is 17.9 Å². The molecule has 2 aromatic carbocycles. The fourth-order valence-electron chi connectivity index (χ4n) is 2.16. The number of hydrogen-bond donors (Lipinski definition) is 0. The van der Waals surface area contributed by atoms with Gasteiger partial charge < -0.3 is 9.15 Å². The van der Waals surface area contributed by atoms with Gasteiger partial charge in [0.2, 0.25) is 5.78 Å².